The van der Waals surface area contributed by atoms with E-state index in [1.165, 1.54) is 22.2 Å². The molecule has 0 N–H and O–H groups in total. The summed E-state index contributed by atoms with van der Waals surface area (Å²) in [6.45, 7) is 11.3. The molecule has 0 amide bonds. The molecule has 1 fully saturated rings. The third-order valence-corrected chi connectivity index (χ3v) is 5.69. The lowest BCUT2D eigenvalue weighted by Crippen LogP contribution is -2.39. The predicted molar refractivity (Wildman–Crippen MR) is 96.5 cm³/mol. The average Bonchev–Trinajstić information content (AvgIpc) is 2.91. The molecule has 2 aromatic rings. The Bertz CT molecular complexity index is 718. The maximum absolute atomic E-state index is 6.33. The van der Waals surface area contributed by atoms with Gasteiger partial charge in [-0.15, -0.1) is 0 Å². The first kappa shape index (κ1) is 16.1. The van der Waals surface area contributed by atoms with Crippen LogP contribution in [0.25, 0.3) is 10.9 Å². The minimum absolute atomic E-state index is 0.173. The maximum Gasteiger partial charge on any atom is 0.106 e. The molecule has 2 aliphatic heterocycles. The number of rotatable bonds is 4. The number of para-hydroxylation sites is 1. The van der Waals surface area contributed by atoms with E-state index in [2.05, 4.69) is 47.6 Å². The second-order valence-corrected chi connectivity index (χ2v) is 7.28. The molecule has 24 heavy (non-hydrogen) atoms. The van der Waals surface area contributed by atoms with E-state index in [0.29, 0.717) is 0 Å². The minimum Gasteiger partial charge on any atom is -0.379 e. The zero-order valence-corrected chi connectivity index (χ0v) is 14.9. The van der Waals surface area contributed by atoms with Crippen LogP contribution in [-0.4, -0.2) is 48.9 Å². The van der Waals surface area contributed by atoms with Gasteiger partial charge in [0.1, 0.15) is 5.60 Å². The molecular weight excluding hydrogens is 300 g/mol. The van der Waals surface area contributed by atoms with Crippen molar-refractivity contribution in [3.63, 3.8) is 0 Å². The highest BCUT2D eigenvalue weighted by atomic mass is 16.5. The van der Waals surface area contributed by atoms with Gasteiger partial charge in [-0.1, -0.05) is 18.2 Å². The van der Waals surface area contributed by atoms with Gasteiger partial charge in [-0.05, 0) is 44.9 Å². The molecule has 3 heterocycles. The molecule has 1 aromatic carbocycles. The van der Waals surface area contributed by atoms with Crippen LogP contribution in [0.15, 0.2) is 24.3 Å². The standard InChI is InChI=1S/C20H28N2O2/c1-16-17-6-3-4-7-18(17)22-12-15-24-20(2,19(16)22)8-5-9-21-10-13-23-14-11-21/h3-4,6-7H,5,8-15H2,1-2H3. The third-order valence-electron chi connectivity index (χ3n) is 5.69. The summed E-state index contributed by atoms with van der Waals surface area (Å²) < 4.78 is 14.3. The second kappa shape index (κ2) is 6.51. The summed E-state index contributed by atoms with van der Waals surface area (Å²) in [6.07, 6.45) is 2.24. The van der Waals surface area contributed by atoms with Crippen LogP contribution in [0.2, 0.25) is 0 Å². The topological polar surface area (TPSA) is 26.6 Å². The molecule has 2 aliphatic rings. The van der Waals surface area contributed by atoms with E-state index in [4.69, 9.17) is 9.47 Å². The number of benzene rings is 1. The van der Waals surface area contributed by atoms with Crippen LogP contribution in [-0.2, 0) is 21.6 Å². The number of nitrogens with zero attached hydrogens (tertiary/aromatic N) is 2. The lowest BCUT2D eigenvalue weighted by molar-refractivity contribution is -0.0723. The summed E-state index contributed by atoms with van der Waals surface area (Å²) in [7, 11) is 0. The highest BCUT2D eigenvalue weighted by Crippen LogP contribution is 2.40. The molecule has 1 aromatic heterocycles. The van der Waals surface area contributed by atoms with Gasteiger partial charge >= 0.3 is 0 Å². The van der Waals surface area contributed by atoms with Crippen LogP contribution in [0.3, 0.4) is 0 Å². The Labute approximate surface area is 144 Å². The van der Waals surface area contributed by atoms with Gasteiger partial charge in [0.05, 0.1) is 25.5 Å². The molecule has 0 spiro atoms. The van der Waals surface area contributed by atoms with Crippen LogP contribution in [0.5, 0.6) is 0 Å². The average molecular weight is 328 g/mol. The summed E-state index contributed by atoms with van der Waals surface area (Å²) >= 11 is 0. The van der Waals surface area contributed by atoms with Gasteiger partial charge < -0.3 is 14.0 Å². The molecule has 4 heteroatoms. The smallest absolute Gasteiger partial charge is 0.106 e. The van der Waals surface area contributed by atoms with E-state index in [9.17, 15) is 0 Å². The van der Waals surface area contributed by atoms with Gasteiger partial charge in [0.15, 0.2) is 0 Å². The molecule has 130 valence electrons. The summed E-state index contributed by atoms with van der Waals surface area (Å²) in [5.74, 6) is 0. The van der Waals surface area contributed by atoms with E-state index >= 15 is 0 Å². The summed E-state index contributed by atoms with van der Waals surface area (Å²) in [6, 6.07) is 8.76. The summed E-state index contributed by atoms with van der Waals surface area (Å²) in [4.78, 5) is 2.51. The highest BCUT2D eigenvalue weighted by molar-refractivity contribution is 5.85. The quantitative estimate of drug-likeness (QED) is 0.861. The number of morpholine rings is 1. The highest BCUT2D eigenvalue weighted by Gasteiger charge is 2.36. The Morgan fingerprint density at radius 2 is 1.88 bits per heavy atom. The fraction of sp³-hybridized carbons (Fsp3) is 0.600. The van der Waals surface area contributed by atoms with Gasteiger partial charge in [-0.2, -0.15) is 0 Å². The third kappa shape index (κ3) is 2.77. The number of hydrogen-bond acceptors (Lipinski definition) is 3. The van der Waals surface area contributed by atoms with Crippen molar-refractivity contribution >= 4 is 10.9 Å². The van der Waals surface area contributed by atoms with E-state index < -0.39 is 0 Å². The van der Waals surface area contributed by atoms with Crippen LogP contribution < -0.4 is 0 Å². The minimum atomic E-state index is -0.173. The first-order valence-electron chi connectivity index (χ1n) is 9.21. The van der Waals surface area contributed by atoms with Crippen molar-refractivity contribution in [3.8, 4) is 0 Å². The fourth-order valence-electron chi connectivity index (χ4n) is 4.48. The molecule has 0 bridgehead atoms. The Balaban J connectivity index is 1.56. The normalized spacial score (nSPS) is 25.1. The Morgan fingerprint density at radius 3 is 2.71 bits per heavy atom. The van der Waals surface area contributed by atoms with Gasteiger partial charge in [0.25, 0.3) is 0 Å². The molecule has 1 atom stereocenters. The monoisotopic (exact) mass is 328 g/mol. The Kier molecular flexibility index (Phi) is 4.37. The van der Waals surface area contributed by atoms with E-state index in [1.807, 2.05) is 0 Å². The van der Waals surface area contributed by atoms with Crippen LogP contribution >= 0.6 is 0 Å². The molecule has 4 nitrogen and oxygen atoms in total. The van der Waals surface area contributed by atoms with Crippen molar-refractivity contribution < 1.29 is 9.47 Å². The van der Waals surface area contributed by atoms with E-state index in [1.54, 1.807) is 0 Å². The van der Waals surface area contributed by atoms with E-state index in [0.717, 1.165) is 58.8 Å². The van der Waals surface area contributed by atoms with Crippen molar-refractivity contribution in [1.29, 1.82) is 0 Å². The lowest BCUT2D eigenvalue weighted by Gasteiger charge is -2.37. The maximum atomic E-state index is 6.33. The number of hydrogen-bond donors (Lipinski definition) is 0. The number of fused-ring (bicyclic) bond motifs is 3. The zero-order valence-electron chi connectivity index (χ0n) is 14.9. The predicted octanol–water partition coefficient (Wildman–Crippen LogP) is 3.31. The molecule has 0 aliphatic carbocycles. The molecule has 0 radical (unpaired) electrons. The van der Waals surface area contributed by atoms with Crippen molar-refractivity contribution in [3.05, 3.63) is 35.5 Å². The van der Waals surface area contributed by atoms with Crippen LogP contribution in [0, 0.1) is 6.92 Å². The molecule has 4 rings (SSSR count). The number of aryl methyl sites for hydroxylation is 1. The molecular formula is C20H28N2O2. The van der Waals surface area contributed by atoms with Gasteiger partial charge in [0, 0.05) is 30.5 Å². The Morgan fingerprint density at radius 1 is 1.08 bits per heavy atom. The van der Waals surface area contributed by atoms with Gasteiger partial charge in [0.2, 0.25) is 0 Å². The van der Waals surface area contributed by atoms with Gasteiger partial charge in [-0.3, -0.25) is 4.90 Å². The summed E-state index contributed by atoms with van der Waals surface area (Å²) in [5.41, 5.74) is 3.96. The van der Waals surface area contributed by atoms with Crippen molar-refractivity contribution in [2.24, 2.45) is 0 Å². The molecule has 1 unspecified atom stereocenters. The lowest BCUT2D eigenvalue weighted by atomic mass is 9.91. The number of ether oxygens (including phenoxy) is 2. The fourth-order valence-corrected chi connectivity index (χ4v) is 4.48. The van der Waals surface area contributed by atoms with Crippen molar-refractivity contribution in [2.45, 2.75) is 38.8 Å². The summed E-state index contributed by atoms with van der Waals surface area (Å²) in [5, 5.41) is 1.37. The molecule has 1 saturated heterocycles. The molecule has 0 saturated carbocycles. The largest absolute Gasteiger partial charge is 0.379 e. The zero-order chi connectivity index (χ0) is 16.6. The Hall–Kier alpha value is -1.36. The number of aromatic nitrogens is 1. The SMILES string of the molecule is Cc1c2n(c3ccccc13)CCOC2(C)CCCN1CCOCC1. The van der Waals surface area contributed by atoms with Crippen molar-refractivity contribution in [1.82, 2.24) is 9.47 Å². The van der Waals surface area contributed by atoms with E-state index in [-0.39, 0.29) is 5.60 Å². The first-order chi connectivity index (χ1) is 11.7. The van der Waals surface area contributed by atoms with Gasteiger partial charge in [-0.25, -0.2) is 0 Å². The first-order valence-corrected chi connectivity index (χ1v) is 9.21. The van der Waals surface area contributed by atoms with Crippen molar-refractivity contribution in [2.75, 3.05) is 39.5 Å². The van der Waals surface area contributed by atoms with Crippen LogP contribution in [0.4, 0.5) is 0 Å². The second-order valence-electron chi connectivity index (χ2n) is 7.28. The van der Waals surface area contributed by atoms with Crippen LogP contribution in [0.1, 0.15) is 31.0 Å².